The second-order valence-corrected chi connectivity index (χ2v) is 3.64. The lowest BCUT2D eigenvalue weighted by Crippen LogP contribution is -2.16. The third kappa shape index (κ3) is 3.02. The molecule has 4 N–H and O–H groups in total. The molecule has 0 saturated carbocycles. The minimum atomic E-state index is -1.04. The van der Waals surface area contributed by atoms with Crippen LogP contribution in [0.5, 0.6) is 0 Å². The second-order valence-electron chi connectivity index (χ2n) is 3.64. The molecule has 2 aromatic rings. The van der Waals surface area contributed by atoms with Crippen LogP contribution >= 0.6 is 0 Å². The number of pyridine rings is 1. The molecular formula is C12H10F2N4O. The molecule has 0 radical (unpaired) electrons. The highest BCUT2D eigenvalue weighted by molar-refractivity contribution is 6.03. The van der Waals surface area contributed by atoms with Gasteiger partial charge in [-0.25, -0.2) is 19.6 Å². The quantitative estimate of drug-likeness (QED) is 0.584. The lowest BCUT2D eigenvalue weighted by atomic mass is 10.2. The first-order valence-electron chi connectivity index (χ1n) is 5.30. The molecule has 98 valence electrons. The number of nitrogens with one attached hydrogen (secondary N) is 2. The zero-order valence-electron chi connectivity index (χ0n) is 9.65. The van der Waals surface area contributed by atoms with Crippen LogP contribution in [0.25, 0.3) is 0 Å². The smallest absolute Gasteiger partial charge is 0.274 e. The van der Waals surface area contributed by atoms with E-state index in [1.807, 2.05) is 0 Å². The number of halogens is 2. The SMILES string of the molecule is NNc1cccc(C(=O)Nc2ccc(F)c(F)c2)n1. The van der Waals surface area contributed by atoms with Crippen LogP contribution in [0.2, 0.25) is 0 Å². The molecule has 1 amide bonds. The lowest BCUT2D eigenvalue weighted by Gasteiger charge is -2.06. The number of hydrogen-bond acceptors (Lipinski definition) is 4. The van der Waals surface area contributed by atoms with Crippen molar-refractivity contribution in [1.29, 1.82) is 0 Å². The second kappa shape index (κ2) is 5.40. The summed E-state index contributed by atoms with van der Waals surface area (Å²) in [6, 6.07) is 7.70. The molecule has 19 heavy (non-hydrogen) atoms. The number of nitrogen functional groups attached to an aromatic ring is 1. The Bertz CT molecular complexity index is 618. The molecule has 0 aliphatic rings. The van der Waals surface area contributed by atoms with Gasteiger partial charge in [0.05, 0.1) is 0 Å². The molecule has 0 saturated heterocycles. The summed E-state index contributed by atoms with van der Waals surface area (Å²) in [4.78, 5) is 15.7. The summed E-state index contributed by atoms with van der Waals surface area (Å²) >= 11 is 0. The summed E-state index contributed by atoms with van der Waals surface area (Å²) in [6.45, 7) is 0. The van der Waals surface area contributed by atoms with Gasteiger partial charge in [-0.3, -0.25) is 4.79 Å². The number of carbonyl (C=O) groups is 1. The number of hydrogen-bond donors (Lipinski definition) is 3. The van der Waals surface area contributed by atoms with Gasteiger partial charge in [-0.15, -0.1) is 0 Å². The fourth-order valence-corrected chi connectivity index (χ4v) is 1.41. The van der Waals surface area contributed by atoms with Crippen molar-refractivity contribution in [1.82, 2.24) is 4.98 Å². The number of nitrogens with zero attached hydrogens (tertiary/aromatic N) is 1. The third-order valence-corrected chi connectivity index (χ3v) is 2.31. The zero-order chi connectivity index (χ0) is 13.8. The maximum atomic E-state index is 13.0. The van der Waals surface area contributed by atoms with Gasteiger partial charge in [-0.2, -0.15) is 0 Å². The number of hydrazine groups is 1. The number of aromatic nitrogens is 1. The average molecular weight is 264 g/mol. The molecule has 0 unspecified atom stereocenters. The van der Waals surface area contributed by atoms with Gasteiger partial charge < -0.3 is 10.7 Å². The lowest BCUT2D eigenvalue weighted by molar-refractivity contribution is 0.102. The summed E-state index contributed by atoms with van der Waals surface area (Å²) in [5, 5.41) is 2.40. The third-order valence-electron chi connectivity index (χ3n) is 2.31. The minimum Gasteiger partial charge on any atom is -0.321 e. The van der Waals surface area contributed by atoms with Crippen molar-refractivity contribution >= 4 is 17.4 Å². The number of rotatable bonds is 3. The van der Waals surface area contributed by atoms with Crippen molar-refractivity contribution in [3.63, 3.8) is 0 Å². The Morgan fingerprint density at radius 2 is 1.95 bits per heavy atom. The van der Waals surface area contributed by atoms with E-state index in [1.54, 1.807) is 12.1 Å². The van der Waals surface area contributed by atoms with Crippen LogP contribution in [0, 0.1) is 11.6 Å². The van der Waals surface area contributed by atoms with Crippen molar-refractivity contribution in [2.75, 3.05) is 10.7 Å². The Labute approximate surface area is 107 Å². The van der Waals surface area contributed by atoms with Gasteiger partial charge in [0.1, 0.15) is 11.5 Å². The predicted octanol–water partition coefficient (Wildman–Crippen LogP) is 1.90. The minimum absolute atomic E-state index is 0.0974. The number of benzene rings is 1. The number of amides is 1. The molecule has 0 spiro atoms. The van der Waals surface area contributed by atoms with E-state index >= 15 is 0 Å². The van der Waals surface area contributed by atoms with Gasteiger partial charge in [-0.05, 0) is 24.3 Å². The van der Waals surface area contributed by atoms with Gasteiger partial charge in [0.25, 0.3) is 5.91 Å². The van der Waals surface area contributed by atoms with Crippen molar-refractivity contribution in [3.05, 3.63) is 53.7 Å². The van der Waals surface area contributed by atoms with Crippen molar-refractivity contribution in [2.45, 2.75) is 0 Å². The molecule has 0 aliphatic heterocycles. The normalized spacial score (nSPS) is 10.1. The van der Waals surface area contributed by atoms with Gasteiger partial charge in [0.15, 0.2) is 11.6 Å². The van der Waals surface area contributed by atoms with Crippen molar-refractivity contribution < 1.29 is 13.6 Å². The Kier molecular flexibility index (Phi) is 3.67. The van der Waals surface area contributed by atoms with Crippen LogP contribution in [0.1, 0.15) is 10.5 Å². The van der Waals surface area contributed by atoms with Crippen LogP contribution in [0.4, 0.5) is 20.3 Å². The summed E-state index contributed by atoms with van der Waals surface area (Å²) in [5.74, 6) is 2.92. The fraction of sp³-hybridized carbons (Fsp3) is 0. The maximum absolute atomic E-state index is 13.0. The van der Waals surface area contributed by atoms with Crippen molar-refractivity contribution in [3.8, 4) is 0 Å². The molecule has 7 heteroatoms. The Balaban J connectivity index is 2.18. The molecule has 0 atom stereocenters. The van der Waals surface area contributed by atoms with Gasteiger partial charge in [0.2, 0.25) is 0 Å². The Morgan fingerprint density at radius 3 is 2.63 bits per heavy atom. The van der Waals surface area contributed by atoms with E-state index in [1.165, 1.54) is 12.1 Å². The highest BCUT2D eigenvalue weighted by atomic mass is 19.2. The maximum Gasteiger partial charge on any atom is 0.274 e. The standard InChI is InChI=1S/C12H10F2N4O/c13-8-5-4-7(6-9(8)14)16-12(19)10-2-1-3-11(17-10)18-15/h1-6H,15H2,(H,16,19)(H,17,18). The van der Waals surface area contributed by atoms with E-state index in [-0.39, 0.29) is 11.4 Å². The zero-order valence-corrected chi connectivity index (χ0v) is 9.65. The first kappa shape index (κ1) is 12.9. The van der Waals surface area contributed by atoms with Crippen LogP contribution in [0.3, 0.4) is 0 Å². The largest absolute Gasteiger partial charge is 0.321 e. The van der Waals surface area contributed by atoms with Crippen LogP contribution < -0.4 is 16.6 Å². The molecule has 1 heterocycles. The van der Waals surface area contributed by atoms with Crippen LogP contribution in [-0.4, -0.2) is 10.9 Å². The Hall–Kier alpha value is -2.54. The molecule has 0 bridgehead atoms. The molecule has 1 aromatic carbocycles. The topological polar surface area (TPSA) is 80.0 Å². The summed E-state index contributed by atoms with van der Waals surface area (Å²) in [5.41, 5.74) is 2.54. The van der Waals surface area contributed by atoms with Gasteiger partial charge in [0, 0.05) is 11.8 Å². The monoisotopic (exact) mass is 264 g/mol. The van der Waals surface area contributed by atoms with Crippen LogP contribution in [0.15, 0.2) is 36.4 Å². The molecule has 0 aliphatic carbocycles. The highest BCUT2D eigenvalue weighted by Crippen LogP contribution is 2.14. The highest BCUT2D eigenvalue weighted by Gasteiger charge is 2.10. The molecule has 1 aromatic heterocycles. The van der Waals surface area contributed by atoms with E-state index in [0.29, 0.717) is 5.82 Å². The first-order valence-corrected chi connectivity index (χ1v) is 5.30. The predicted molar refractivity (Wildman–Crippen MR) is 66.4 cm³/mol. The summed E-state index contributed by atoms with van der Waals surface area (Å²) < 4.78 is 25.7. The number of carbonyl (C=O) groups excluding carboxylic acids is 1. The molecule has 5 nitrogen and oxygen atoms in total. The van der Waals surface area contributed by atoms with E-state index in [0.717, 1.165) is 12.1 Å². The number of anilines is 2. The van der Waals surface area contributed by atoms with E-state index < -0.39 is 17.5 Å². The van der Waals surface area contributed by atoms with Crippen LogP contribution in [-0.2, 0) is 0 Å². The van der Waals surface area contributed by atoms with E-state index in [9.17, 15) is 13.6 Å². The fourth-order valence-electron chi connectivity index (χ4n) is 1.41. The summed E-state index contributed by atoms with van der Waals surface area (Å²) in [7, 11) is 0. The number of nitrogens with two attached hydrogens (primary N) is 1. The van der Waals surface area contributed by atoms with E-state index in [2.05, 4.69) is 15.7 Å². The van der Waals surface area contributed by atoms with Gasteiger partial charge in [-0.1, -0.05) is 6.07 Å². The van der Waals surface area contributed by atoms with Crippen molar-refractivity contribution in [2.24, 2.45) is 5.84 Å². The summed E-state index contributed by atoms with van der Waals surface area (Å²) in [6.07, 6.45) is 0. The van der Waals surface area contributed by atoms with Gasteiger partial charge >= 0.3 is 0 Å². The average Bonchev–Trinajstić information content (AvgIpc) is 2.43. The first-order chi connectivity index (χ1) is 9.10. The molecule has 2 rings (SSSR count). The Morgan fingerprint density at radius 1 is 1.16 bits per heavy atom. The molecular weight excluding hydrogens is 254 g/mol. The molecule has 0 fully saturated rings. The van der Waals surface area contributed by atoms with E-state index in [4.69, 9.17) is 5.84 Å².